The number of carboxylic acid groups (broad SMARTS) is 1. The zero-order valence-electron chi connectivity index (χ0n) is 10.2. The number of carboxylic acids is 1. The van der Waals surface area contributed by atoms with Crippen LogP contribution < -0.4 is 5.32 Å². The maximum Gasteiger partial charge on any atom is 0.315 e. The van der Waals surface area contributed by atoms with Crippen LogP contribution in [0.2, 0.25) is 0 Å². The van der Waals surface area contributed by atoms with Crippen molar-refractivity contribution in [2.24, 2.45) is 17.3 Å². The van der Waals surface area contributed by atoms with Gasteiger partial charge < -0.3 is 10.4 Å². The van der Waals surface area contributed by atoms with E-state index in [1.54, 1.807) is 0 Å². The minimum absolute atomic E-state index is 0.0755. The van der Waals surface area contributed by atoms with E-state index in [0.29, 0.717) is 12.5 Å². The van der Waals surface area contributed by atoms with Crippen LogP contribution in [0.15, 0.2) is 0 Å². The van der Waals surface area contributed by atoms with Gasteiger partial charge in [0, 0.05) is 6.54 Å². The number of carbonyl (C=O) groups is 2. The lowest BCUT2D eigenvalue weighted by Crippen LogP contribution is -2.43. The van der Waals surface area contributed by atoms with Gasteiger partial charge in [0.1, 0.15) is 5.92 Å². The maximum atomic E-state index is 11.5. The van der Waals surface area contributed by atoms with Crippen LogP contribution in [0.5, 0.6) is 0 Å². The van der Waals surface area contributed by atoms with E-state index >= 15 is 0 Å². The standard InChI is InChI=1S/C12H21NO3/c1-8(11(15)16)10(14)13-7-12(2,3)9-5-4-6-9/h8-9H,4-7H2,1-3H3,(H,13,14)(H,15,16). The molecule has 0 radical (unpaired) electrons. The average molecular weight is 227 g/mol. The molecule has 4 heteroatoms. The predicted octanol–water partition coefficient (Wildman–Crippen LogP) is 1.65. The first-order valence-electron chi connectivity index (χ1n) is 5.85. The second-order valence-corrected chi connectivity index (χ2v) is 5.39. The third kappa shape index (κ3) is 2.97. The van der Waals surface area contributed by atoms with Gasteiger partial charge in [0.05, 0.1) is 0 Å². The van der Waals surface area contributed by atoms with Gasteiger partial charge in [0.15, 0.2) is 0 Å². The van der Waals surface area contributed by atoms with Crippen molar-refractivity contribution in [2.75, 3.05) is 6.54 Å². The molecule has 2 N–H and O–H groups in total. The molecule has 1 atom stereocenters. The molecule has 1 aliphatic carbocycles. The fraction of sp³-hybridized carbons (Fsp3) is 0.833. The summed E-state index contributed by atoms with van der Waals surface area (Å²) in [6.45, 7) is 6.23. The summed E-state index contributed by atoms with van der Waals surface area (Å²) in [5, 5.41) is 11.4. The Morgan fingerprint density at radius 2 is 2.00 bits per heavy atom. The van der Waals surface area contributed by atoms with Crippen molar-refractivity contribution < 1.29 is 14.7 Å². The monoisotopic (exact) mass is 227 g/mol. The Hall–Kier alpha value is -1.06. The number of hydrogen-bond acceptors (Lipinski definition) is 2. The van der Waals surface area contributed by atoms with Gasteiger partial charge >= 0.3 is 5.97 Å². The van der Waals surface area contributed by atoms with Gasteiger partial charge in [-0.15, -0.1) is 0 Å². The van der Waals surface area contributed by atoms with E-state index < -0.39 is 11.9 Å². The lowest BCUT2D eigenvalue weighted by atomic mass is 9.67. The number of amides is 1. The van der Waals surface area contributed by atoms with E-state index in [1.165, 1.54) is 26.2 Å². The first-order valence-corrected chi connectivity index (χ1v) is 5.85. The summed E-state index contributed by atoms with van der Waals surface area (Å²) in [5.74, 6) is -1.76. The van der Waals surface area contributed by atoms with E-state index in [2.05, 4.69) is 19.2 Å². The molecule has 0 heterocycles. The Bertz CT molecular complexity index is 282. The van der Waals surface area contributed by atoms with Crippen LogP contribution >= 0.6 is 0 Å². The molecule has 0 saturated heterocycles. The van der Waals surface area contributed by atoms with Gasteiger partial charge in [-0.1, -0.05) is 20.3 Å². The Morgan fingerprint density at radius 1 is 1.44 bits per heavy atom. The second-order valence-electron chi connectivity index (χ2n) is 5.39. The van der Waals surface area contributed by atoms with Crippen LogP contribution in [-0.4, -0.2) is 23.5 Å². The largest absolute Gasteiger partial charge is 0.481 e. The predicted molar refractivity (Wildman–Crippen MR) is 60.9 cm³/mol. The minimum atomic E-state index is -1.07. The van der Waals surface area contributed by atoms with E-state index in [9.17, 15) is 9.59 Å². The molecule has 92 valence electrons. The molecule has 1 rings (SSSR count). The molecule has 0 bridgehead atoms. The van der Waals surface area contributed by atoms with E-state index in [-0.39, 0.29) is 11.3 Å². The van der Waals surface area contributed by atoms with Gasteiger partial charge in [-0.2, -0.15) is 0 Å². The highest BCUT2D eigenvalue weighted by atomic mass is 16.4. The summed E-state index contributed by atoms with van der Waals surface area (Å²) in [4.78, 5) is 22.1. The van der Waals surface area contributed by atoms with Crippen molar-refractivity contribution >= 4 is 11.9 Å². The Labute approximate surface area is 96.4 Å². The van der Waals surface area contributed by atoms with Crippen molar-refractivity contribution in [2.45, 2.75) is 40.0 Å². The van der Waals surface area contributed by atoms with Crippen molar-refractivity contribution in [1.29, 1.82) is 0 Å². The summed E-state index contributed by atoms with van der Waals surface area (Å²) in [6.07, 6.45) is 3.71. The summed E-state index contributed by atoms with van der Waals surface area (Å²) in [5.41, 5.74) is 0.0755. The quantitative estimate of drug-likeness (QED) is 0.702. The fourth-order valence-corrected chi connectivity index (χ4v) is 1.91. The van der Waals surface area contributed by atoms with E-state index in [4.69, 9.17) is 5.11 Å². The molecule has 0 aliphatic heterocycles. The Balaban J connectivity index is 2.38. The van der Waals surface area contributed by atoms with Gasteiger partial charge in [0.25, 0.3) is 0 Å². The molecule has 16 heavy (non-hydrogen) atoms. The highest BCUT2D eigenvalue weighted by Gasteiger charge is 2.34. The van der Waals surface area contributed by atoms with E-state index in [1.807, 2.05) is 0 Å². The molecule has 1 aliphatic rings. The topological polar surface area (TPSA) is 66.4 Å². The number of carbonyl (C=O) groups excluding carboxylic acids is 1. The molecule has 0 aromatic rings. The summed E-state index contributed by atoms with van der Waals surface area (Å²) in [6, 6.07) is 0. The molecule has 0 spiro atoms. The van der Waals surface area contributed by atoms with Gasteiger partial charge in [-0.3, -0.25) is 9.59 Å². The van der Waals surface area contributed by atoms with Crippen LogP contribution in [0.4, 0.5) is 0 Å². The van der Waals surface area contributed by atoms with Crippen molar-refractivity contribution in [3.63, 3.8) is 0 Å². The molecule has 1 fully saturated rings. The summed E-state index contributed by atoms with van der Waals surface area (Å²) in [7, 11) is 0. The third-order valence-electron chi connectivity index (χ3n) is 3.69. The zero-order valence-corrected chi connectivity index (χ0v) is 10.2. The van der Waals surface area contributed by atoms with Crippen LogP contribution in [0.25, 0.3) is 0 Å². The molecular weight excluding hydrogens is 206 g/mol. The SMILES string of the molecule is CC(C(=O)O)C(=O)NCC(C)(C)C1CCC1. The minimum Gasteiger partial charge on any atom is -0.481 e. The summed E-state index contributed by atoms with van der Waals surface area (Å²) >= 11 is 0. The number of rotatable bonds is 5. The van der Waals surface area contributed by atoms with Gasteiger partial charge in [0.2, 0.25) is 5.91 Å². The van der Waals surface area contributed by atoms with Crippen LogP contribution in [-0.2, 0) is 9.59 Å². The van der Waals surface area contributed by atoms with Crippen molar-refractivity contribution in [1.82, 2.24) is 5.32 Å². The molecular formula is C12H21NO3. The smallest absolute Gasteiger partial charge is 0.315 e. The lowest BCUT2D eigenvalue weighted by Gasteiger charge is -2.40. The first-order chi connectivity index (χ1) is 7.34. The number of aliphatic carboxylic acids is 1. The molecule has 0 aromatic carbocycles. The van der Waals surface area contributed by atoms with Crippen LogP contribution in [0.1, 0.15) is 40.0 Å². The van der Waals surface area contributed by atoms with Crippen LogP contribution in [0, 0.1) is 17.3 Å². The zero-order chi connectivity index (χ0) is 12.3. The van der Waals surface area contributed by atoms with Gasteiger partial charge in [-0.25, -0.2) is 0 Å². The third-order valence-corrected chi connectivity index (χ3v) is 3.69. The fourth-order valence-electron chi connectivity index (χ4n) is 1.91. The normalized spacial score (nSPS) is 18.7. The average Bonchev–Trinajstić information content (AvgIpc) is 2.09. The van der Waals surface area contributed by atoms with Crippen molar-refractivity contribution in [3.8, 4) is 0 Å². The molecule has 4 nitrogen and oxygen atoms in total. The van der Waals surface area contributed by atoms with Crippen LogP contribution in [0.3, 0.4) is 0 Å². The second kappa shape index (κ2) is 4.85. The molecule has 0 aromatic heterocycles. The highest BCUT2D eigenvalue weighted by Crippen LogP contribution is 2.41. The van der Waals surface area contributed by atoms with E-state index in [0.717, 1.165) is 0 Å². The highest BCUT2D eigenvalue weighted by molar-refractivity contribution is 5.96. The number of hydrogen-bond donors (Lipinski definition) is 2. The Kier molecular flexibility index (Phi) is 3.94. The number of nitrogens with one attached hydrogen (secondary N) is 1. The maximum absolute atomic E-state index is 11.5. The lowest BCUT2D eigenvalue weighted by molar-refractivity contribution is -0.146. The molecule has 1 amide bonds. The molecule has 1 saturated carbocycles. The first kappa shape index (κ1) is 13.0. The Morgan fingerprint density at radius 3 is 2.38 bits per heavy atom. The molecule has 1 unspecified atom stereocenters. The van der Waals surface area contributed by atoms with Gasteiger partial charge in [-0.05, 0) is 31.1 Å². The van der Waals surface area contributed by atoms with Crippen molar-refractivity contribution in [3.05, 3.63) is 0 Å². The summed E-state index contributed by atoms with van der Waals surface area (Å²) < 4.78 is 0.